The van der Waals surface area contributed by atoms with E-state index >= 15 is 0 Å². The van der Waals surface area contributed by atoms with Gasteiger partial charge in [0, 0.05) is 28.6 Å². The van der Waals surface area contributed by atoms with Crippen molar-refractivity contribution in [1.29, 1.82) is 0 Å². The molecule has 1 aromatic carbocycles. The van der Waals surface area contributed by atoms with Crippen LogP contribution in [-0.2, 0) is 4.79 Å². The average molecular weight is 319 g/mol. The highest BCUT2D eigenvalue weighted by molar-refractivity contribution is 6.31. The molecule has 0 aliphatic heterocycles. The summed E-state index contributed by atoms with van der Waals surface area (Å²) in [4.78, 5) is 27.5. The highest BCUT2D eigenvalue weighted by Crippen LogP contribution is 2.40. The second-order valence-corrected chi connectivity index (χ2v) is 5.87. The number of rotatable bonds is 5. The number of nitrogens with zero attached hydrogens (tertiary/aromatic N) is 1. The summed E-state index contributed by atoms with van der Waals surface area (Å²) >= 11 is 6.02. The van der Waals surface area contributed by atoms with Gasteiger partial charge in [-0.05, 0) is 37.1 Å². The Labute approximate surface area is 132 Å². The second-order valence-electron chi connectivity index (χ2n) is 5.43. The van der Waals surface area contributed by atoms with E-state index in [0.717, 1.165) is 24.1 Å². The maximum Gasteiger partial charge on any atom is 0.305 e. The summed E-state index contributed by atoms with van der Waals surface area (Å²) in [7, 11) is 0. The van der Waals surface area contributed by atoms with Crippen LogP contribution in [0.1, 0.15) is 41.2 Å². The summed E-state index contributed by atoms with van der Waals surface area (Å²) in [5.74, 6) is -0.815. The van der Waals surface area contributed by atoms with Gasteiger partial charge in [-0.1, -0.05) is 11.6 Å². The van der Waals surface area contributed by atoms with Crippen LogP contribution in [0.4, 0.5) is 0 Å². The van der Waals surface area contributed by atoms with Crippen molar-refractivity contribution in [3.05, 3.63) is 40.5 Å². The molecular weight excluding hydrogens is 304 g/mol. The monoisotopic (exact) mass is 318 g/mol. The molecule has 2 aromatic rings. The number of pyridine rings is 1. The van der Waals surface area contributed by atoms with Gasteiger partial charge in [-0.25, -0.2) is 0 Å². The third-order valence-corrected chi connectivity index (χ3v) is 3.89. The Morgan fingerprint density at radius 3 is 2.77 bits per heavy atom. The minimum absolute atomic E-state index is 0.0946. The van der Waals surface area contributed by atoms with Gasteiger partial charge >= 0.3 is 5.97 Å². The van der Waals surface area contributed by atoms with Crippen molar-refractivity contribution in [3.8, 4) is 0 Å². The molecule has 2 N–H and O–H groups in total. The summed E-state index contributed by atoms with van der Waals surface area (Å²) < 4.78 is 0. The van der Waals surface area contributed by atoms with E-state index in [9.17, 15) is 9.59 Å². The summed E-state index contributed by atoms with van der Waals surface area (Å²) in [6.07, 6.45) is 2.07. The van der Waals surface area contributed by atoms with Gasteiger partial charge in [0.1, 0.15) is 0 Å². The van der Waals surface area contributed by atoms with Crippen molar-refractivity contribution >= 4 is 34.4 Å². The van der Waals surface area contributed by atoms with E-state index in [1.807, 2.05) is 0 Å². The molecule has 0 radical (unpaired) electrons. The highest BCUT2D eigenvalue weighted by atomic mass is 35.5. The number of amides is 1. The minimum atomic E-state index is -0.943. The molecule has 1 fully saturated rings. The number of aromatic nitrogens is 1. The van der Waals surface area contributed by atoms with Gasteiger partial charge in [-0.3, -0.25) is 14.6 Å². The largest absolute Gasteiger partial charge is 0.481 e. The Balaban J connectivity index is 1.96. The smallest absolute Gasteiger partial charge is 0.305 e. The molecule has 0 spiro atoms. The maximum atomic E-state index is 12.4. The van der Waals surface area contributed by atoms with Crippen LogP contribution in [-0.4, -0.2) is 28.5 Å². The molecule has 114 valence electrons. The van der Waals surface area contributed by atoms with Crippen molar-refractivity contribution in [2.24, 2.45) is 0 Å². The topological polar surface area (TPSA) is 79.3 Å². The van der Waals surface area contributed by atoms with E-state index in [-0.39, 0.29) is 18.9 Å². The number of carbonyl (C=O) groups excluding carboxylic acids is 1. The maximum absolute atomic E-state index is 12.4. The lowest BCUT2D eigenvalue weighted by atomic mass is 10.1. The van der Waals surface area contributed by atoms with E-state index in [1.54, 1.807) is 24.3 Å². The number of fused-ring (bicyclic) bond motifs is 1. The molecule has 1 aromatic heterocycles. The highest BCUT2D eigenvalue weighted by Gasteiger charge is 2.27. The molecule has 0 unspecified atom stereocenters. The molecular formula is C16H15ClN2O3. The van der Waals surface area contributed by atoms with Gasteiger partial charge in [0.05, 0.1) is 17.5 Å². The molecule has 1 aliphatic rings. The van der Waals surface area contributed by atoms with Crippen LogP contribution in [0.3, 0.4) is 0 Å². The Hall–Kier alpha value is -2.14. The third-order valence-electron chi connectivity index (χ3n) is 3.66. The zero-order chi connectivity index (χ0) is 15.7. The van der Waals surface area contributed by atoms with Crippen molar-refractivity contribution < 1.29 is 14.7 Å². The van der Waals surface area contributed by atoms with Gasteiger partial charge in [0.15, 0.2) is 0 Å². The summed E-state index contributed by atoms with van der Waals surface area (Å²) in [6, 6.07) is 7.07. The van der Waals surface area contributed by atoms with Crippen LogP contribution in [0.25, 0.3) is 10.9 Å². The van der Waals surface area contributed by atoms with Crippen molar-refractivity contribution in [2.75, 3.05) is 6.54 Å². The summed E-state index contributed by atoms with van der Waals surface area (Å²) in [6.45, 7) is 0.0946. The van der Waals surface area contributed by atoms with Gasteiger partial charge in [0.25, 0.3) is 5.91 Å². The lowest BCUT2D eigenvalue weighted by Crippen LogP contribution is -2.26. The summed E-state index contributed by atoms with van der Waals surface area (Å²) in [5.41, 5.74) is 2.15. The number of nitrogens with one attached hydrogen (secondary N) is 1. The Kier molecular flexibility index (Phi) is 3.98. The zero-order valence-corrected chi connectivity index (χ0v) is 12.6. The average Bonchev–Trinajstić information content (AvgIpc) is 3.30. The lowest BCUT2D eigenvalue weighted by Gasteiger charge is -2.10. The number of benzene rings is 1. The molecule has 0 saturated heterocycles. The first-order valence-electron chi connectivity index (χ1n) is 7.15. The van der Waals surface area contributed by atoms with Crippen LogP contribution in [0, 0.1) is 0 Å². The van der Waals surface area contributed by atoms with E-state index < -0.39 is 5.97 Å². The SMILES string of the molecule is O=C(O)CCNC(=O)c1cc(C2CC2)nc2ccc(Cl)cc12. The first kappa shape index (κ1) is 14.8. The number of hydrogen-bond acceptors (Lipinski definition) is 3. The lowest BCUT2D eigenvalue weighted by molar-refractivity contribution is -0.136. The van der Waals surface area contributed by atoms with Crippen LogP contribution >= 0.6 is 11.6 Å². The zero-order valence-electron chi connectivity index (χ0n) is 11.8. The van der Waals surface area contributed by atoms with Crippen molar-refractivity contribution in [2.45, 2.75) is 25.2 Å². The minimum Gasteiger partial charge on any atom is -0.481 e. The fourth-order valence-electron chi connectivity index (χ4n) is 2.37. The Bertz CT molecular complexity index is 756. The van der Waals surface area contributed by atoms with E-state index in [1.165, 1.54) is 0 Å². The third kappa shape index (κ3) is 3.20. The number of aliphatic carboxylic acids is 1. The molecule has 1 amide bonds. The second kappa shape index (κ2) is 5.93. The normalized spacial score (nSPS) is 14.0. The molecule has 5 nitrogen and oxygen atoms in total. The number of carboxylic acid groups (broad SMARTS) is 1. The number of halogens is 1. The van der Waals surface area contributed by atoms with Gasteiger partial charge in [-0.2, -0.15) is 0 Å². The van der Waals surface area contributed by atoms with Crippen molar-refractivity contribution in [3.63, 3.8) is 0 Å². The molecule has 22 heavy (non-hydrogen) atoms. The predicted molar refractivity (Wildman–Crippen MR) is 83.3 cm³/mol. The van der Waals surface area contributed by atoms with Crippen LogP contribution in [0.5, 0.6) is 0 Å². The molecule has 0 atom stereocenters. The molecule has 1 aliphatic carbocycles. The first-order valence-corrected chi connectivity index (χ1v) is 7.52. The van der Waals surface area contributed by atoms with Gasteiger partial charge in [-0.15, -0.1) is 0 Å². The number of hydrogen-bond donors (Lipinski definition) is 2. The van der Waals surface area contributed by atoms with Crippen LogP contribution in [0.2, 0.25) is 5.02 Å². The fourth-order valence-corrected chi connectivity index (χ4v) is 2.54. The number of carboxylic acids is 1. The van der Waals surface area contributed by atoms with Gasteiger partial charge < -0.3 is 10.4 Å². The van der Waals surface area contributed by atoms with Crippen molar-refractivity contribution in [1.82, 2.24) is 10.3 Å². The fraction of sp³-hybridized carbons (Fsp3) is 0.312. The standard InChI is InChI=1S/C16H15ClN2O3/c17-10-3-4-13-11(7-10)12(8-14(19-13)9-1-2-9)16(22)18-6-5-15(20)21/h3-4,7-9H,1-2,5-6H2,(H,18,22)(H,20,21). The van der Waals surface area contributed by atoms with E-state index in [2.05, 4.69) is 10.3 Å². The predicted octanol–water partition coefficient (Wildman–Crippen LogP) is 2.97. The van der Waals surface area contributed by atoms with E-state index in [0.29, 0.717) is 21.9 Å². The van der Waals surface area contributed by atoms with Crippen LogP contribution < -0.4 is 5.32 Å². The molecule has 3 rings (SSSR count). The summed E-state index contributed by atoms with van der Waals surface area (Å²) in [5, 5.41) is 12.5. The number of carbonyl (C=O) groups is 2. The molecule has 1 heterocycles. The Morgan fingerprint density at radius 2 is 2.09 bits per heavy atom. The van der Waals surface area contributed by atoms with Gasteiger partial charge in [0.2, 0.25) is 0 Å². The van der Waals surface area contributed by atoms with Crippen LogP contribution in [0.15, 0.2) is 24.3 Å². The first-order chi connectivity index (χ1) is 10.5. The molecule has 6 heteroatoms. The molecule has 0 bridgehead atoms. The molecule has 1 saturated carbocycles. The quantitative estimate of drug-likeness (QED) is 0.888. The Morgan fingerprint density at radius 1 is 1.32 bits per heavy atom. The van der Waals surface area contributed by atoms with E-state index in [4.69, 9.17) is 16.7 Å².